The molecule has 0 amide bonds. The molecule has 4 nitrogen and oxygen atoms in total. The Hall–Kier alpha value is -2.66. The molecule has 1 aromatic heterocycles. The number of nitrogens with one attached hydrogen (secondary N) is 1. The SMILES string of the molecule is CCCN1Cc2ccc(OCc3cn[nH]c3-c3ccc(F)cc3)cc2C1. The number of rotatable bonds is 6. The highest BCUT2D eigenvalue weighted by atomic mass is 19.1. The number of aromatic amines is 1. The molecule has 0 spiro atoms. The fraction of sp³-hybridized carbons (Fsp3) is 0.286. The predicted octanol–water partition coefficient (Wildman–Crippen LogP) is 4.52. The fourth-order valence-corrected chi connectivity index (χ4v) is 3.45. The average molecular weight is 351 g/mol. The number of fused-ring (bicyclic) bond motifs is 1. The van der Waals surface area contributed by atoms with Gasteiger partial charge in [0.2, 0.25) is 0 Å². The summed E-state index contributed by atoms with van der Waals surface area (Å²) >= 11 is 0. The number of nitrogens with zero attached hydrogens (tertiary/aromatic N) is 2. The van der Waals surface area contributed by atoms with E-state index in [1.54, 1.807) is 18.3 Å². The normalized spacial score (nSPS) is 13.8. The van der Waals surface area contributed by atoms with E-state index < -0.39 is 0 Å². The maximum Gasteiger partial charge on any atom is 0.123 e. The van der Waals surface area contributed by atoms with Gasteiger partial charge >= 0.3 is 0 Å². The lowest BCUT2D eigenvalue weighted by atomic mass is 10.1. The van der Waals surface area contributed by atoms with E-state index in [9.17, 15) is 4.39 Å². The minimum Gasteiger partial charge on any atom is -0.489 e. The topological polar surface area (TPSA) is 41.1 Å². The third-order valence-electron chi connectivity index (χ3n) is 4.75. The average Bonchev–Trinajstić information content (AvgIpc) is 3.26. The highest BCUT2D eigenvalue weighted by Crippen LogP contribution is 2.28. The van der Waals surface area contributed by atoms with Crippen molar-refractivity contribution in [3.8, 4) is 17.0 Å². The first kappa shape index (κ1) is 16.8. The zero-order valence-electron chi connectivity index (χ0n) is 14.8. The smallest absolute Gasteiger partial charge is 0.123 e. The molecular formula is C21H22FN3O. The molecule has 26 heavy (non-hydrogen) atoms. The summed E-state index contributed by atoms with van der Waals surface area (Å²) in [6, 6.07) is 12.7. The van der Waals surface area contributed by atoms with Gasteiger partial charge in [-0.25, -0.2) is 4.39 Å². The quantitative estimate of drug-likeness (QED) is 0.710. The number of ether oxygens (including phenoxy) is 1. The van der Waals surface area contributed by atoms with Crippen molar-refractivity contribution in [3.05, 3.63) is 71.2 Å². The van der Waals surface area contributed by atoms with Crippen LogP contribution >= 0.6 is 0 Å². The summed E-state index contributed by atoms with van der Waals surface area (Å²) in [4.78, 5) is 2.46. The maximum absolute atomic E-state index is 13.1. The van der Waals surface area contributed by atoms with E-state index in [4.69, 9.17) is 4.74 Å². The Labute approximate surface area is 152 Å². The Kier molecular flexibility index (Phi) is 4.71. The number of benzene rings is 2. The van der Waals surface area contributed by atoms with Crippen LogP contribution in [0.4, 0.5) is 4.39 Å². The Bertz CT molecular complexity index is 889. The number of hydrogen-bond donors (Lipinski definition) is 1. The van der Waals surface area contributed by atoms with Crippen molar-refractivity contribution >= 4 is 0 Å². The van der Waals surface area contributed by atoms with Crippen LogP contribution < -0.4 is 4.74 Å². The fourth-order valence-electron chi connectivity index (χ4n) is 3.45. The van der Waals surface area contributed by atoms with Crippen LogP contribution in [0.15, 0.2) is 48.7 Å². The summed E-state index contributed by atoms with van der Waals surface area (Å²) in [6.45, 7) is 5.77. The molecule has 134 valence electrons. The van der Waals surface area contributed by atoms with Crippen LogP contribution in [0.3, 0.4) is 0 Å². The second-order valence-corrected chi connectivity index (χ2v) is 6.71. The molecule has 3 aromatic rings. The van der Waals surface area contributed by atoms with Crippen molar-refractivity contribution in [2.75, 3.05) is 6.54 Å². The van der Waals surface area contributed by atoms with Crippen LogP contribution in [0, 0.1) is 5.82 Å². The van der Waals surface area contributed by atoms with E-state index in [0.717, 1.165) is 42.2 Å². The van der Waals surface area contributed by atoms with Gasteiger partial charge < -0.3 is 4.74 Å². The van der Waals surface area contributed by atoms with Gasteiger partial charge in [-0.05, 0) is 60.5 Å². The molecule has 2 aromatic carbocycles. The monoisotopic (exact) mass is 351 g/mol. The molecule has 0 fully saturated rings. The minimum absolute atomic E-state index is 0.249. The largest absolute Gasteiger partial charge is 0.489 e. The van der Waals surface area contributed by atoms with Gasteiger partial charge in [-0.3, -0.25) is 10.00 Å². The third-order valence-corrected chi connectivity index (χ3v) is 4.75. The molecule has 4 rings (SSSR count). The van der Waals surface area contributed by atoms with Gasteiger partial charge in [0, 0.05) is 24.2 Å². The molecule has 0 unspecified atom stereocenters. The van der Waals surface area contributed by atoms with E-state index >= 15 is 0 Å². The van der Waals surface area contributed by atoms with Crippen LogP contribution in [0.2, 0.25) is 0 Å². The molecule has 5 heteroatoms. The number of H-pyrrole nitrogens is 1. The molecule has 0 saturated carbocycles. The molecular weight excluding hydrogens is 329 g/mol. The van der Waals surface area contributed by atoms with Gasteiger partial charge in [0.1, 0.15) is 18.2 Å². The Balaban J connectivity index is 1.45. The van der Waals surface area contributed by atoms with Crippen molar-refractivity contribution in [3.63, 3.8) is 0 Å². The second kappa shape index (κ2) is 7.30. The van der Waals surface area contributed by atoms with Crippen LogP contribution in [0.1, 0.15) is 30.0 Å². The molecule has 0 atom stereocenters. The Morgan fingerprint density at radius 3 is 2.73 bits per heavy atom. The minimum atomic E-state index is -0.249. The molecule has 0 radical (unpaired) electrons. The van der Waals surface area contributed by atoms with Crippen molar-refractivity contribution in [1.82, 2.24) is 15.1 Å². The molecule has 1 N–H and O–H groups in total. The van der Waals surface area contributed by atoms with E-state index in [2.05, 4.69) is 34.2 Å². The predicted molar refractivity (Wildman–Crippen MR) is 99.2 cm³/mol. The summed E-state index contributed by atoms with van der Waals surface area (Å²) in [7, 11) is 0. The molecule has 1 aliphatic heterocycles. The Morgan fingerprint density at radius 1 is 1.12 bits per heavy atom. The lowest BCUT2D eigenvalue weighted by Crippen LogP contribution is -2.16. The van der Waals surface area contributed by atoms with Gasteiger partial charge in [-0.15, -0.1) is 0 Å². The summed E-state index contributed by atoms with van der Waals surface area (Å²) in [5.41, 5.74) is 5.44. The number of aromatic nitrogens is 2. The van der Waals surface area contributed by atoms with Crippen LogP contribution in [-0.4, -0.2) is 21.6 Å². The van der Waals surface area contributed by atoms with Crippen LogP contribution in [-0.2, 0) is 19.7 Å². The highest BCUT2D eigenvalue weighted by molar-refractivity contribution is 5.62. The zero-order valence-corrected chi connectivity index (χ0v) is 14.8. The zero-order chi connectivity index (χ0) is 17.9. The molecule has 0 bridgehead atoms. The number of halogens is 1. The summed E-state index contributed by atoms with van der Waals surface area (Å²) in [5, 5.41) is 7.10. The van der Waals surface area contributed by atoms with Crippen molar-refractivity contribution < 1.29 is 9.13 Å². The molecule has 0 saturated heterocycles. The van der Waals surface area contributed by atoms with E-state index in [-0.39, 0.29) is 5.82 Å². The van der Waals surface area contributed by atoms with Crippen LogP contribution in [0.25, 0.3) is 11.3 Å². The van der Waals surface area contributed by atoms with Gasteiger partial charge in [0.05, 0.1) is 11.9 Å². The second-order valence-electron chi connectivity index (χ2n) is 6.71. The van der Waals surface area contributed by atoms with Crippen molar-refractivity contribution in [1.29, 1.82) is 0 Å². The highest BCUT2D eigenvalue weighted by Gasteiger charge is 2.18. The van der Waals surface area contributed by atoms with Gasteiger partial charge in [0.25, 0.3) is 0 Å². The summed E-state index contributed by atoms with van der Waals surface area (Å²) < 4.78 is 19.1. The first-order valence-corrected chi connectivity index (χ1v) is 8.98. The summed E-state index contributed by atoms with van der Waals surface area (Å²) in [6.07, 6.45) is 2.93. The van der Waals surface area contributed by atoms with E-state index in [1.165, 1.54) is 29.7 Å². The molecule has 0 aliphatic carbocycles. The molecule has 1 aliphatic rings. The maximum atomic E-state index is 13.1. The Morgan fingerprint density at radius 2 is 1.92 bits per heavy atom. The van der Waals surface area contributed by atoms with Gasteiger partial charge in [-0.1, -0.05) is 13.0 Å². The van der Waals surface area contributed by atoms with Crippen molar-refractivity contribution in [2.24, 2.45) is 0 Å². The standard InChI is InChI=1S/C21H22FN3O/c1-2-9-25-12-16-5-8-20(10-17(16)13-25)26-14-18-11-23-24-21(18)15-3-6-19(22)7-4-15/h3-8,10-11H,2,9,12-14H2,1H3,(H,23,24). The first-order chi connectivity index (χ1) is 12.7. The van der Waals surface area contributed by atoms with Gasteiger partial charge in [0.15, 0.2) is 0 Å². The first-order valence-electron chi connectivity index (χ1n) is 8.98. The van der Waals surface area contributed by atoms with Crippen molar-refractivity contribution in [2.45, 2.75) is 33.0 Å². The third kappa shape index (κ3) is 3.48. The van der Waals surface area contributed by atoms with E-state index in [0.29, 0.717) is 6.61 Å². The van der Waals surface area contributed by atoms with Crippen LogP contribution in [0.5, 0.6) is 5.75 Å². The molecule has 2 heterocycles. The summed E-state index contributed by atoms with van der Waals surface area (Å²) in [5.74, 6) is 0.620. The number of hydrogen-bond acceptors (Lipinski definition) is 3. The lowest BCUT2D eigenvalue weighted by molar-refractivity contribution is 0.284. The van der Waals surface area contributed by atoms with Gasteiger partial charge in [-0.2, -0.15) is 5.10 Å². The van der Waals surface area contributed by atoms with E-state index in [1.807, 2.05) is 6.07 Å². The lowest BCUT2D eigenvalue weighted by Gasteiger charge is -2.12.